The molecule has 0 unspecified atom stereocenters. The Kier molecular flexibility index (Phi) is 1.86. The number of hydrogen-bond acceptors (Lipinski definition) is 4. The van der Waals surface area contributed by atoms with Crippen molar-refractivity contribution in [2.75, 3.05) is 0 Å². The molecule has 60 valence electrons. The second-order valence-corrected chi connectivity index (χ2v) is 2.21. The number of aromatic amines is 1. The molecule has 0 radical (unpaired) electrons. The minimum atomic E-state index is -0.512. The summed E-state index contributed by atoms with van der Waals surface area (Å²) in [7, 11) is 0. The maximum atomic E-state index is 10.3. The van der Waals surface area contributed by atoms with Crippen LogP contribution in [0.3, 0.4) is 0 Å². The summed E-state index contributed by atoms with van der Waals surface area (Å²) in [4.78, 5) is 9.77. The molecule has 0 fully saturated rings. The Labute approximate surface area is 62.6 Å². The summed E-state index contributed by atoms with van der Waals surface area (Å²) in [5.74, 6) is 0. The van der Waals surface area contributed by atoms with Gasteiger partial charge in [-0.15, -0.1) is 0 Å². The minimum absolute atomic E-state index is 0.0556. The van der Waals surface area contributed by atoms with E-state index in [0.717, 1.165) is 6.20 Å². The molecule has 0 aliphatic carbocycles. The SMILES string of the molecule is C[C@H](N)c1[nH]ncc1[N+](=O)[O-]. The standard InChI is InChI=1S/C5H8N4O2/c1-3(6)5-4(9(10)11)2-7-8-5/h2-3H,6H2,1H3,(H,7,8)/t3-/m0/s1. The average Bonchev–Trinajstić information content (AvgIpc) is 2.32. The van der Waals surface area contributed by atoms with Crippen LogP contribution in [0.25, 0.3) is 0 Å². The third kappa shape index (κ3) is 1.35. The average molecular weight is 156 g/mol. The molecule has 0 spiro atoms. The quantitative estimate of drug-likeness (QED) is 0.476. The van der Waals surface area contributed by atoms with Crippen molar-refractivity contribution in [3.8, 4) is 0 Å². The van der Waals surface area contributed by atoms with E-state index in [2.05, 4.69) is 10.2 Å². The Bertz CT molecular complexity index is 267. The summed E-state index contributed by atoms with van der Waals surface area (Å²) in [6.45, 7) is 1.65. The monoisotopic (exact) mass is 156 g/mol. The van der Waals surface area contributed by atoms with Gasteiger partial charge in [-0.05, 0) is 6.92 Å². The van der Waals surface area contributed by atoms with Crippen molar-refractivity contribution in [2.45, 2.75) is 13.0 Å². The summed E-state index contributed by atoms with van der Waals surface area (Å²) < 4.78 is 0. The Morgan fingerprint density at radius 3 is 2.91 bits per heavy atom. The molecule has 0 aromatic carbocycles. The third-order valence-electron chi connectivity index (χ3n) is 1.30. The van der Waals surface area contributed by atoms with Gasteiger partial charge in [-0.1, -0.05) is 0 Å². The smallest absolute Gasteiger partial charge is 0.311 e. The minimum Gasteiger partial charge on any atom is -0.323 e. The second kappa shape index (κ2) is 2.67. The van der Waals surface area contributed by atoms with Crippen LogP contribution in [0.5, 0.6) is 0 Å². The van der Waals surface area contributed by atoms with Crippen LogP contribution in [0.4, 0.5) is 5.69 Å². The number of nitrogens with zero attached hydrogens (tertiary/aromatic N) is 2. The van der Waals surface area contributed by atoms with Crippen molar-refractivity contribution < 1.29 is 4.92 Å². The van der Waals surface area contributed by atoms with Crippen LogP contribution in [-0.4, -0.2) is 15.1 Å². The van der Waals surface area contributed by atoms with Crippen molar-refractivity contribution >= 4 is 5.69 Å². The first-order valence-electron chi connectivity index (χ1n) is 3.06. The maximum absolute atomic E-state index is 10.3. The molecule has 1 aromatic heterocycles. The Hall–Kier alpha value is -1.43. The number of hydrogen-bond donors (Lipinski definition) is 2. The van der Waals surface area contributed by atoms with Gasteiger partial charge in [-0.3, -0.25) is 15.2 Å². The van der Waals surface area contributed by atoms with Crippen LogP contribution >= 0.6 is 0 Å². The molecule has 1 heterocycles. The van der Waals surface area contributed by atoms with E-state index < -0.39 is 11.0 Å². The lowest BCUT2D eigenvalue weighted by Crippen LogP contribution is -2.07. The van der Waals surface area contributed by atoms with Crippen LogP contribution in [0.15, 0.2) is 6.20 Å². The van der Waals surface area contributed by atoms with E-state index >= 15 is 0 Å². The molecule has 3 N–H and O–H groups in total. The van der Waals surface area contributed by atoms with E-state index in [4.69, 9.17) is 5.73 Å². The normalized spacial score (nSPS) is 12.9. The predicted molar refractivity (Wildman–Crippen MR) is 37.8 cm³/mol. The molecule has 0 bridgehead atoms. The maximum Gasteiger partial charge on any atom is 0.311 e. The van der Waals surface area contributed by atoms with Crippen molar-refractivity contribution in [3.05, 3.63) is 22.0 Å². The lowest BCUT2D eigenvalue weighted by molar-refractivity contribution is -0.385. The molecule has 0 aliphatic rings. The molecule has 0 amide bonds. The van der Waals surface area contributed by atoms with Crippen LogP contribution in [0.1, 0.15) is 18.7 Å². The molecule has 6 nitrogen and oxygen atoms in total. The molecule has 1 aromatic rings. The molecule has 11 heavy (non-hydrogen) atoms. The second-order valence-electron chi connectivity index (χ2n) is 2.21. The molecule has 0 saturated carbocycles. The van der Waals surface area contributed by atoms with Crippen molar-refractivity contribution in [1.82, 2.24) is 10.2 Å². The van der Waals surface area contributed by atoms with E-state index in [9.17, 15) is 10.1 Å². The van der Waals surface area contributed by atoms with Gasteiger partial charge in [0.05, 0.1) is 11.0 Å². The first kappa shape index (κ1) is 7.67. The topological polar surface area (TPSA) is 97.8 Å². The molecule has 1 atom stereocenters. The van der Waals surface area contributed by atoms with Crippen molar-refractivity contribution in [3.63, 3.8) is 0 Å². The lowest BCUT2D eigenvalue weighted by Gasteiger charge is -1.98. The van der Waals surface area contributed by atoms with Gasteiger partial charge in [0.1, 0.15) is 11.9 Å². The van der Waals surface area contributed by atoms with E-state index in [1.807, 2.05) is 0 Å². The van der Waals surface area contributed by atoms with E-state index in [1.54, 1.807) is 6.92 Å². The lowest BCUT2D eigenvalue weighted by atomic mass is 10.2. The van der Waals surface area contributed by atoms with Crippen LogP contribution < -0.4 is 5.73 Å². The Balaban J connectivity index is 3.06. The first-order valence-corrected chi connectivity index (χ1v) is 3.06. The van der Waals surface area contributed by atoms with Gasteiger partial charge in [0.25, 0.3) is 0 Å². The largest absolute Gasteiger partial charge is 0.323 e. The van der Waals surface area contributed by atoms with Gasteiger partial charge in [-0.25, -0.2) is 0 Å². The molecule has 0 aliphatic heterocycles. The van der Waals surface area contributed by atoms with Gasteiger partial charge in [0.2, 0.25) is 0 Å². The van der Waals surface area contributed by atoms with E-state index in [1.165, 1.54) is 0 Å². The zero-order chi connectivity index (χ0) is 8.43. The third-order valence-corrected chi connectivity index (χ3v) is 1.30. The van der Waals surface area contributed by atoms with Crippen molar-refractivity contribution in [1.29, 1.82) is 0 Å². The fraction of sp³-hybridized carbons (Fsp3) is 0.400. The number of nitrogens with one attached hydrogen (secondary N) is 1. The number of nitro groups is 1. The molecular weight excluding hydrogens is 148 g/mol. The van der Waals surface area contributed by atoms with Gasteiger partial charge in [0, 0.05) is 0 Å². The highest BCUT2D eigenvalue weighted by molar-refractivity contribution is 5.33. The summed E-state index contributed by atoms with van der Waals surface area (Å²) in [5, 5.41) is 16.3. The molecule has 6 heteroatoms. The highest BCUT2D eigenvalue weighted by Gasteiger charge is 2.18. The number of nitrogens with two attached hydrogens (primary N) is 1. The number of rotatable bonds is 2. The zero-order valence-electron chi connectivity index (χ0n) is 5.94. The van der Waals surface area contributed by atoms with E-state index in [-0.39, 0.29) is 5.69 Å². The number of aromatic nitrogens is 2. The van der Waals surface area contributed by atoms with Gasteiger partial charge in [-0.2, -0.15) is 5.10 Å². The van der Waals surface area contributed by atoms with Gasteiger partial charge >= 0.3 is 5.69 Å². The first-order chi connectivity index (χ1) is 5.13. The predicted octanol–water partition coefficient (Wildman–Crippen LogP) is 0.338. The zero-order valence-corrected chi connectivity index (χ0v) is 5.94. The highest BCUT2D eigenvalue weighted by Crippen LogP contribution is 2.19. The molecular formula is C5H8N4O2. The fourth-order valence-electron chi connectivity index (χ4n) is 0.770. The summed E-state index contributed by atoms with van der Waals surface area (Å²) in [6.07, 6.45) is 1.15. The Morgan fingerprint density at radius 1 is 1.91 bits per heavy atom. The highest BCUT2D eigenvalue weighted by atomic mass is 16.6. The molecule has 0 saturated heterocycles. The summed E-state index contributed by atoms with van der Waals surface area (Å²) in [5.41, 5.74) is 5.72. The number of H-pyrrole nitrogens is 1. The van der Waals surface area contributed by atoms with Gasteiger partial charge in [0.15, 0.2) is 0 Å². The Morgan fingerprint density at radius 2 is 2.55 bits per heavy atom. The van der Waals surface area contributed by atoms with E-state index in [0.29, 0.717) is 5.69 Å². The van der Waals surface area contributed by atoms with Crippen LogP contribution in [-0.2, 0) is 0 Å². The summed E-state index contributed by atoms with van der Waals surface area (Å²) in [6, 6.07) is -0.391. The fourth-order valence-corrected chi connectivity index (χ4v) is 0.770. The van der Waals surface area contributed by atoms with Crippen LogP contribution in [0, 0.1) is 10.1 Å². The van der Waals surface area contributed by atoms with Crippen molar-refractivity contribution in [2.24, 2.45) is 5.73 Å². The van der Waals surface area contributed by atoms with Crippen LogP contribution in [0.2, 0.25) is 0 Å². The summed E-state index contributed by atoms with van der Waals surface area (Å²) >= 11 is 0. The molecule has 1 rings (SSSR count). The van der Waals surface area contributed by atoms with Gasteiger partial charge < -0.3 is 5.73 Å².